The molecule has 0 aliphatic carbocycles. The summed E-state index contributed by atoms with van der Waals surface area (Å²) < 4.78 is 0. The first-order valence-electron chi connectivity index (χ1n) is 5.89. The van der Waals surface area contributed by atoms with E-state index in [0.717, 1.165) is 29.9 Å². The van der Waals surface area contributed by atoms with E-state index in [1.165, 1.54) is 0 Å². The van der Waals surface area contributed by atoms with E-state index in [0.29, 0.717) is 6.54 Å². The number of amides is 1. The fourth-order valence-corrected chi connectivity index (χ4v) is 1.55. The molecule has 0 fully saturated rings. The minimum absolute atomic E-state index is 0.180. The van der Waals surface area contributed by atoms with Crippen LogP contribution in [0.4, 0.5) is 0 Å². The van der Waals surface area contributed by atoms with Gasteiger partial charge in [0.1, 0.15) is 5.82 Å². The van der Waals surface area contributed by atoms with Gasteiger partial charge in [0.05, 0.1) is 6.20 Å². The molecule has 7 heteroatoms. The maximum atomic E-state index is 11.8. The number of aromatic nitrogens is 5. The molecule has 0 unspecified atom stereocenters. The maximum Gasteiger partial charge on any atom is 0.291 e. The number of rotatable bonds is 5. The molecule has 2 aromatic heterocycles. The summed E-state index contributed by atoms with van der Waals surface area (Å²) in [5, 5.41) is 16.1. The predicted octanol–water partition coefficient (Wildman–Crippen LogP) is 0.719. The number of carbonyl (C=O) groups is 1. The third-order valence-electron chi connectivity index (χ3n) is 2.60. The molecule has 96 valence electrons. The van der Waals surface area contributed by atoms with Crippen molar-refractivity contribution < 1.29 is 4.79 Å². The minimum Gasteiger partial charge on any atom is -0.345 e. The molecule has 2 rings (SSSR count). The van der Waals surface area contributed by atoms with Crippen molar-refractivity contribution in [2.75, 3.05) is 0 Å². The van der Waals surface area contributed by atoms with Crippen LogP contribution in [-0.4, -0.2) is 31.3 Å². The van der Waals surface area contributed by atoms with Gasteiger partial charge in [-0.3, -0.25) is 15.0 Å². The van der Waals surface area contributed by atoms with Crippen molar-refractivity contribution in [2.45, 2.75) is 33.2 Å². The number of nitrogens with one attached hydrogen (secondary N) is 3. The molecular weight excluding hydrogens is 232 g/mol. The van der Waals surface area contributed by atoms with Gasteiger partial charge in [-0.15, -0.1) is 5.10 Å². The van der Waals surface area contributed by atoms with Gasteiger partial charge >= 0.3 is 0 Å². The summed E-state index contributed by atoms with van der Waals surface area (Å²) in [6.45, 7) is 4.36. The normalized spacial score (nSPS) is 10.6. The van der Waals surface area contributed by atoms with Crippen LogP contribution in [0.2, 0.25) is 0 Å². The number of aryl methyl sites for hydroxylation is 2. The monoisotopic (exact) mass is 248 g/mol. The Labute approximate surface area is 104 Å². The minimum atomic E-state index is -0.283. The second-order valence-corrected chi connectivity index (χ2v) is 4.06. The van der Waals surface area contributed by atoms with E-state index in [-0.39, 0.29) is 11.7 Å². The summed E-state index contributed by atoms with van der Waals surface area (Å²) in [6.07, 6.45) is 3.45. The van der Waals surface area contributed by atoms with Crippen molar-refractivity contribution >= 4 is 5.91 Å². The van der Waals surface area contributed by atoms with Gasteiger partial charge in [-0.1, -0.05) is 6.92 Å². The smallest absolute Gasteiger partial charge is 0.291 e. The van der Waals surface area contributed by atoms with Crippen LogP contribution < -0.4 is 5.32 Å². The van der Waals surface area contributed by atoms with E-state index < -0.39 is 0 Å². The van der Waals surface area contributed by atoms with Crippen LogP contribution in [0.25, 0.3) is 0 Å². The molecule has 0 aromatic carbocycles. The van der Waals surface area contributed by atoms with Crippen molar-refractivity contribution in [3.05, 3.63) is 29.1 Å². The molecule has 2 heterocycles. The van der Waals surface area contributed by atoms with E-state index in [4.69, 9.17) is 0 Å². The van der Waals surface area contributed by atoms with Crippen molar-refractivity contribution in [1.29, 1.82) is 0 Å². The van der Waals surface area contributed by atoms with Gasteiger partial charge in [0.25, 0.3) is 5.91 Å². The maximum absolute atomic E-state index is 11.8. The zero-order chi connectivity index (χ0) is 13.0. The highest BCUT2D eigenvalue weighted by Gasteiger charge is 2.12. The van der Waals surface area contributed by atoms with Gasteiger partial charge in [-0.05, 0) is 13.3 Å². The van der Waals surface area contributed by atoms with Gasteiger partial charge < -0.3 is 5.32 Å². The van der Waals surface area contributed by atoms with Gasteiger partial charge in [0.15, 0.2) is 0 Å². The molecule has 1 amide bonds. The average molecular weight is 248 g/mol. The number of hydrogen-bond donors (Lipinski definition) is 3. The lowest BCUT2D eigenvalue weighted by molar-refractivity contribution is 0.0941. The summed E-state index contributed by atoms with van der Waals surface area (Å²) in [6, 6.07) is 0. The Bertz CT molecular complexity index is 529. The highest BCUT2D eigenvalue weighted by atomic mass is 16.2. The first-order valence-corrected chi connectivity index (χ1v) is 5.89. The Morgan fingerprint density at radius 3 is 2.94 bits per heavy atom. The third-order valence-corrected chi connectivity index (χ3v) is 2.60. The molecule has 18 heavy (non-hydrogen) atoms. The molecular formula is C11H16N6O. The first kappa shape index (κ1) is 12.3. The zero-order valence-corrected chi connectivity index (χ0v) is 10.4. The Hall–Kier alpha value is -2.18. The molecule has 0 aliphatic heterocycles. The zero-order valence-electron chi connectivity index (χ0n) is 10.4. The predicted molar refractivity (Wildman–Crippen MR) is 64.9 cm³/mol. The van der Waals surface area contributed by atoms with Crippen LogP contribution in [0.15, 0.2) is 6.20 Å². The van der Waals surface area contributed by atoms with Crippen LogP contribution in [0, 0.1) is 6.92 Å². The first-order chi connectivity index (χ1) is 8.70. The van der Waals surface area contributed by atoms with Crippen LogP contribution in [0.3, 0.4) is 0 Å². The molecule has 0 atom stereocenters. The van der Waals surface area contributed by atoms with E-state index in [1.54, 1.807) is 6.20 Å². The number of H-pyrrole nitrogens is 2. The average Bonchev–Trinajstić information content (AvgIpc) is 2.96. The van der Waals surface area contributed by atoms with Crippen LogP contribution in [0.1, 0.15) is 41.0 Å². The van der Waals surface area contributed by atoms with E-state index >= 15 is 0 Å². The molecule has 3 N–H and O–H groups in total. The number of aromatic amines is 2. The molecule has 0 aliphatic rings. The van der Waals surface area contributed by atoms with Gasteiger partial charge in [0.2, 0.25) is 5.82 Å². The van der Waals surface area contributed by atoms with Crippen molar-refractivity contribution in [3.63, 3.8) is 0 Å². The Kier molecular flexibility index (Phi) is 3.71. The number of hydrogen-bond acceptors (Lipinski definition) is 4. The molecule has 2 aromatic rings. The largest absolute Gasteiger partial charge is 0.345 e. The molecule has 0 saturated carbocycles. The second kappa shape index (κ2) is 5.44. The number of carbonyl (C=O) groups excluding carboxylic acids is 1. The molecule has 0 saturated heterocycles. The quantitative estimate of drug-likeness (QED) is 0.725. The van der Waals surface area contributed by atoms with E-state index in [2.05, 4.69) is 30.7 Å². The van der Waals surface area contributed by atoms with Gasteiger partial charge in [0, 0.05) is 24.2 Å². The summed E-state index contributed by atoms with van der Waals surface area (Å²) in [7, 11) is 0. The lowest BCUT2D eigenvalue weighted by Crippen LogP contribution is -2.24. The summed E-state index contributed by atoms with van der Waals surface area (Å²) in [4.78, 5) is 15.9. The Morgan fingerprint density at radius 2 is 2.28 bits per heavy atom. The number of nitrogens with zero attached hydrogens (tertiary/aromatic N) is 3. The lowest BCUT2D eigenvalue weighted by atomic mass is 10.2. The van der Waals surface area contributed by atoms with Crippen LogP contribution in [-0.2, 0) is 13.0 Å². The Balaban J connectivity index is 1.93. The van der Waals surface area contributed by atoms with Crippen molar-refractivity contribution in [2.24, 2.45) is 0 Å². The second-order valence-electron chi connectivity index (χ2n) is 4.06. The molecule has 0 bridgehead atoms. The molecule has 0 radical (unpaired) electrons. The standard InChI is InChI=1S/C11H16N6O/c1-3-4-9-14-10(17-16-9)11(18)12-5-8-6-13-15-7(8)2/h6H,3-5H2,1-2H3,(H,12,18)(H,13,15)(H,14,16,17). The van der Waals surface area contributed by atoms with Crippen LogP contribution >= 0.6 is 0 Å². The van der Waals surface area contributed by atoms with E-state index in [9.17, 15) is 4.79 Å². The third kappa shape index (κ3) is 2.73. The van der Waals surface area contributed by atoms with E-state index in [1.807, 2.05) is 13.8 Å². The topological polar surface area (TPSA) is 99.3 Å². The molecule has 0 spiro atoms. The van der Waals surface area contributed by atoms with Gasteiger partial charge in [-0.2, -0.15) is 5.10 Å². The van der Waals surface area contributed by atoms with Gasteiger partial charge in [-0.25, -0.2) is 4.98 Å². The highest BCUT2D eigenvalue weighted by molar-refractivity contribution is 5.90. The SMILES string of the molecule is CCCc1nc(C(=O)NCc2cn[nH]c2C)n[nH]1. The van der Waals surface area contributed by atoms with Crippen molar-refractivity contribution in [3.8, 4) is 0 Å². The van der Waals surface area contributed by atoms with Crippen molar-refractivity contribution in [1.82, 2.24) is 30.7 Å². The molecule has 7 nitrogen and oxygen atoms in total. The fraction of sp³-hybridized carbons (Fsp3) is 0.455. The summed E-state index contributed by atoms with van der Waals surface area (Å²) in [5.41, 5.74) is 1.89. The Morgan fingerprint density at radius 1 is 1.44 bits per heavy atom. The van der Waals surface area contributed by atoms with Crippen LogP contribution in [0.5, 0.6) is 0 Å². The summed E-state index contributed by atoms with van der Waals surface area (Å²) in [5.74, 6) is 0.635. The lowest BCUT2D eigenvalue weighted by Gasteiger charge is -2.00. The highest BCUT2D eigenvalue weighted by Crippen LogP contribution is 2.02. The fourth-order valence-electron chi connectivity index (χ4n) is 1.55. The summed E-state index contributed by atoms with van der Waals surface area (Å²) >= 11 is 0.